The molecular formula is C6H4ClF2IN2. The van der Waals surface area contributed by atoms with Crippen LogP contribution in [-0.2, 0) is 0 Å². The first kappa shape index (κ1) is 9.91. The van der Waals surface area contributed by atoms with Gasteiger partial charge in [0.25, 0.3) is 6.43 Å². The summed E-state index contributed by atoms with van der Waals surface area (Å²) in [6.45, 7) is 0. The number of aromatic nitrogens is 1. The number of hydrogen-bond acceptors (Lipinski definition) is 2. The Labute approximate surface area is 86.3 Å². The predicted molar refractivity (Wildman–Crippen MR) is 51.3 cm³/mol. The molecule has 6 heteroatoms. The molecule has 0 spiro atoms. The molecule has 0 aromatic carbocycles. The number of anilines is 1. The van der Waals surface area contributed by atoms with Crippen LogP contribution in [0, 0.1) is 3.57 Å². The molecular weight excluding hydrogens is 300 g/mol. The van der Waals surface area contributed by atoms with Gasteiger partial charge in [0.1, 0.15) is 5.15 Å². The SMILES string of the molecule is Nc1c(I)cnc(Cl)c1C(F)F. The topological polar surface area (TPSA) is 38.9 Å². The van der Waals surface area contributed by atoms with Crippen molar-refractivity contribution in [2.75, 3.05) is 5.73 Å². The van der Waals surface area contributed by atoms with Crippen LogP contribution in [0.3, 0.4) is 0 Å². The van der Waals surface area contributed by atoms with Crippen LogP contribution in [-0.4, -0.2) is 4.98 Å². The molecule has 0 atom stereocenters. The second kappa shape index (κ2) is 3.69. The molecule has 1 heterocycles. The van der Waals surface area contributed by atoms with E-state index in [2.05, 4.69) is 4.98 Å². The maximum absolute atomic E-state index is 12.3. The van der Waals surface area contributed by atoms with Crippen molar-refractivity contribution in [3.05, 3.63) is 20.5 Å². The van der Waals surface area contributed by atoms with Gasteiger partial charge in [-0.25, -0.2) is 13.8 Å². The lowest BCUT2D eigenvalue weighted by molar-refractivity contribution is 0.152. The number of halogens is 4. The third kappa shape index (κ3) is 1.77. The van der Waals surface area contributed by atoms with Gasteiger partial charge in [-0.05, 0) is 22.6 Å². The van der Waals surface area contributed by atoms with Crippen molar-refractivity contribution >= 4 is 39.9 Å². The summed E-state index contributed by atoms with van der Waals surface area (Å²) in [5.74, 6) is 0. The summed E-state index contributed by atoms with van der Waals surface area (Å²) in [6.07, 6.45) is -1.33. The van der Waals surface area contributed by atoms with Gasteiger partial charge in [-0.1, -0.05) is 11.6 Å². The van der Waals surface area contributed by atoms with Crippen molar-refractivity contribution in [3.63, 3.8) is 0 Å². The molecule has 2 nitrogen and oxygen atoms in total. The largest absolute Gasteiger partial charge is 0.397 e. The summed E-state index contributed by atoms with van der Waals surface area (Å²) in [5.41, 5.74) is 4.99. The number of rotatable bonds is 1. The second-order valence-electron chi connectivity index (χ2n) is 2.02. The van der Waals surface area contributed by atoms with Gasteiger partial charge in [0.15, 0.2) is 0 Å². The maximum Gasteiger partial charge on any atom is 0.268 e. The fourth-order valence-corrected chi connectivity index (χ4v) is 1.36. The number of nitrogens with two attached hydrogens (primary N) is 1. The average molecular weight is 304 g/mol. The molecule has 1 aromatic heterocycles. The minimum Gasteiger partial charge on any atom is -0.397 e. The van der Waals surface area contributed by atoms with Gasteiger partial charge in [-0.2, -0.15) is 0 Å². The van der Waals surface area contributed by atoms with Crippen LogP contribution >= 0.6 is 34.2 Å². The number of alkyl halides is 2. The lowest BCUT2D eigenvalue weighted by Gasteiger charge is -2.06. The average Bonchev–Trinajstić information content (AvgIpc) is 1.97. The molecule has 12 heavy (non-hydrogen) atoms. The molecule has 1 rings (SSSR count). The summed E-state index contributed by atoms with van der Waals surface area (Å²) >= 11 is 7.24. The quantitative estimate of drug-likeness (QED) is 0.640. The Kier molecular flexibility index (Phi) is 3.05. The van der Waals surface area contributed by atoms with Crippen LogP contribution in [0.1, 0.15) is 12.0 Å². The van der Waals surface area contributed by atoms with E-state index >= 15 is 0 Å². The number of nitrogen functional groups attached to an aromatic ring is 1. The Morgan fingerprint density at radius 3 is 2.58 bits per heavy atom. The zero-order valence-electron chi connectivity index (χ0n) is 5.69. The van der Waals surface area contributed by atoms with Gasteiger partial charge in [0.2, 0.25) is 0 Å². The van der Waals surface area contributed by atoms with Gasteiger partial charge >= 0.3 is 0 Å². The third-order valence-electron chi connectivity index (χ3n) is 1.28. The van der Waals surface area contributed by atoms with Crippen molar-refractivity contribution < 1.29 is 8.78 Å². The van der Waals surface area contributed by atoms with Crippen LogP contribution in [0.5, 0.6) is 0 Å². The Bertz CT molecular complexity index is 306. The molecule has 0 aliphatic carbocycles. The monoisotopic (exact) mass is 304 g/mol. The van der Waals surface area contributed by atoms with Gasteiger partial charge in [0.05, 0.1) is 14.8 Å². The molecule has 0 unspecified atom stereocenters. The molecule has 0 aliphatic rings. The summed E-state index contributed by atoms with van der Waals surface area (Å²) in [6, 6.07) is 0. The Balaban J connectivity index is 3.33. The zero-order valence-corrected chi connectivity index (χ0v) is 8.60. The number of pyridine rings is 1. The molecule has 0 aliphatic heterocycles. The van der Waals surface area contributed by atoms with E-state index in [0.29, 0.717) is 3.57 Å². The molecule has 66 valence electrons. The highest BCUT2D eigenvalue weighted by Crippen LogP contribution is 2.32. The number of hydrogen-bond donors (Lipinski definition) is 1. The first-order valence-electron chi connectivity index (χ1n) is 2.91. The third-order valence-corrected chi connectivity index (χ3v) is 2.44. The van der Waals surface area contributed by atoms with Crippen molar-refractivity contribution in [2.45, 2.75) is 6.43 Å². The summed E-state index contributed by atoms with van der Waals surface area (Å²) in [4.78, 5) is 3.56. The molecule has 0 amide bonds. The van der Waals surface area contributed by atoms with Gasteiger partial charge in [-0.3, -0.25) is 0 Å². The van der Waals surface area contributed by atoms with Crippen molar-refractivity contribution in [2.24, 2.45) is 0 Å². The fourth-order valence-electron chi connectivity index (χ4n) is 0.700. The van der Waals surface area contributed by atoms with Crippen LogP contribution in [0.4, 0.5) is 14.5 Å². The summed E-state index contributed by atoms with van der Waals surface area (Å²) < 4.78 is 25.0. The standard InChI is InChI=1S/C6H4ClF2IN2/c7-5-3(6(8)9)4(11)2(10)1-12-5/h1,6H,(H2,11,12). The highest BCUT2D eigenvalue weighted by atomic mass is 127. The fraction of sp³-hybridized carbons (Fsp3) is 0.167. The van der Waals surface area contributed by atoms with Crippen molar-refractivity contribution in [1.29, 1.82) is 0 Å². The van der Waals surface area contributed by atoms with Crippen molar-refractivity contribution in [1.82, 2.24) is 4.98 Å². The van der Waals surface area contributed by atoms with Gasteiger partial charge in [0, 0.05) is 6.20 Å². The van der Waals surface area contributed by atoms with E-state index in [9.17, 15) is 8.78 Å². The summed E-state index contributed by atoms with van der Waals surface area (Å²) in [7, 11) is 0. The predicted octanol–water partition coefficient (Wildman–Crippen LogP) is 2.86. The summed E-state index contributed by atoms with van der Waals surface area (Å²) in [5, 5.41) is -0.233. The van der Waals surface area contributed by atoms with E-state index < -0.39 is 6.43 Å². The molecule has 0 radical (unpaired) electrons. The lowest BCUT2D eigenvalue weighted by Crippen LogP contribution is -2.00. The van der Waals surface area contributed by atoms with E-state index in [1.807, 2.05) is 22.6 Å². The van der Waals surface area contributed by atoms with Crippen molar-refractivity contribution in [3.8, 4) is 0 Å². The molecule has 0 saturated heterocycles. The van der Waals surface area contributed by atoms with E-state index in [4.69, 9.17) is 17.3 Å². The minimum atomic E-state index is -2.68. The minimum absolute atomic E-state index is 0.00519. The zero-order chi connectivity index (χ0) is 9.30. The second-order valence-corrected chi connectivity index (χ2v) is 3.55. The molecule has 1 aromatic rings. The van der Waals surface area contributed by atoms with Crippen LogP contribution < -0.4 is 5.73 Å². The van der Waals surface area contributed by atoms with Gasteiger partial charge in [-0.15, -0.1) is 0 Å². The van der Waals surface area contributed by atoms with Crippen LogP contribution in [0.15, 0.2) is 6.20 Å². The smallest absolute Gasteiger partial charge is 0.268 e. The Morgan fingerprint density at radius 1 is 1.58 bits per heavy atom. The molecule has 0 bridgehead atoms. The van der Waals surface area contributed by atoms with E-state index in [0.717, 1.165) is 0 Å². The first-order chi connectivity index (χ1) is 5.54. The highest BCUT2D eigenvalue weighted by Gasteiger charge is 2.18. The van der Waals surface area contributed by atoms with Crippen LogP contribution in [0.2, 0.25) is 5.15 Å². The van der Waals surface area contributed by atoms with Gasteiger partial charge < -0.3 is 5.73 Å². The Hall–Kier alpha value is -0.170. The molecule has 0 saturated carbocycles. The van der Waals surface area contributed by atoms with E-state index in [-0.39, 0.29) is 16.4 Å². The number of nitrogens with zero attached hydrogens (tertiary/aromatic N) is 1. The Morgan fingerprint density at radius 2 is 2.17 bits per heavy atom. The molecule has 2 N–H and O–H groups in total. The lowest BCUT2D eigenvalue weighted by atomic mass is 10.2. The van der Waals surface area contributed by atoms with E-state index in [1.165, 1.54) is 6.20 Å². The molecule has 0 fully saturated rings. The van der Waals surface area contributed by atoms with Crippen LogP contribution in [0.25, 0.3) is 0 Å². The normalized spacial score (nSPS) is 10.8. The maximum atomic E-state index is 12.3. The highest BCUT2D eigenvalue weighted by molar-refractivity contribution is 14.1. The van der Waals surface area contributed by atoms with E-state index in [1.54, 1.807) is 0 Å². The first-order valence-corrected chi connectivity index (χ1v) is 4.37.